The molecule has 0 N–H and O–H groups in total. The van der Waals surface area contributed by atoms with Gasteiger partial charge in [-0.1, -0.05) is 61.3 Å². The lowest BCUT2D eigenvalue weighted by molar-refractivity contribution is 0.719. The quantitative estimate of drug-likeness (QED) is 0.731. The zero-order valence-corrected chi connectivity index (χ0v) is 13.0. The fraction of sp³-hybridized carbons (Fsp3) is 0.375. The topological polar surface area (TPSA) is 25.8 Å². The van der Waals surface area contributed by atoms with Crippen molar-refractivity contribution in [1.29, 1.82) is 0 Å². The van der Waals surface area contributed by atoms with E-state index in [4.69, 9.17) is 23.2 Å². The Morgan fingerprint density at radius 1 is 1.10 bits per heavy atom. The van der Waals surface area contributed by atoms with Gasteiger partial charge in [0.1, 0.15) is 16.1 Å². The van der Waals surface area contributed by atoms with Crippen LogP contribution in [-0.4, -0.2) is 9.97 Å². The summed E-state index contributed by atoms with van der Waals surface area (Å²) in [4.78, 5) is 9.01. The fourth-order valence-electron chi connectivity index (χ4n) is 2.89. The normalized spacial score (nSPS) is 17.6. The van der Waals surface area contributed by atoms with Gasteiger partial charge in [0.15, 0.2) is 0 Å². The Morgan fingerprint density at radius 3 is 2.40 bits per heavy atom. The van der Waals surface area contributed by atoms with Gasteiger partial charge >= 0.3 is 0 Å². The highest BCUT2D eigenvalue weighted by molar-refractivity contribution is 6.34. The molecule has 4 heteroatoms. The molecule has 0 amide bonds. The number of aryl methyl sites for hydroxylation is 1. The molecule has 0 radical (unpaired) electrons. The number of fused-ring (bicyclic) bond motifs is 1. The highest BCUT2D eigenvalue weighted by Crippen LogP contribution is 2.38. The van der Waals surface area contributed by atoms with Crippen molar-refractivity contribution in [1.82, 2.24) is 9.97 Å². The van der Waals surface area contributed by atoms with Gasteiger partial charge in [-0.3, -0.25) is 0 Å². The monoisotopic (exact) mass is 306 g/mol. The molecule has 1 heterocycles. The number of rotatable bonds is 2. The molecule has 1 aromatic carbocycles. The van der Waals surface area contributed by atoms with E-state index in [9.17, 15) is 0 Å². The van der Waals surface area contributed by atoms with E-state index in [1.807, 2.05) is 13.8 Å². The van der Waals surface area contributed by atoms with Gasteiger partial charge in [-0.05, 0) is 29.9 Å². The van der Waals surface area contributed by atoms with Crippen LogP contribution >= 0.6 is 23.2 Å². The number of hydrogen-bond donors (Lipinski definition) is 0. The van der Waals surface area contributed by atoms with E-state index >= 15 is 0 Å². The van der Waals surface area contributed by atoms with Crippen molar-refractivity contribution in [3.63, 3.8) is 0 Å². The summed E-state index contributed by atoms with van der Waals surface area (Å²) in [6, 6.07) is 8.45. The SMILES string of the molecule is CC(C)c1c(Cl)nc(C2CCc3ccccc32)nc1Cl. The molecule has 0 spiro atoms. The molecule has 0 bridgehead atoms. The van der Waals surface area contributed by atoms with Crippen molar-refractivity contribution in [2.24, 2.45) is 0 Å². The van der Waals surface area contributed by atoms with Crippen molar-refractivity contribution < 1.29 is 0 Å². The zero-order valence-electron chi connectivity index (χ0n) is 11.5. The molecule has 20 heavy (non-hydrogen) atoms. The summed E-state index contributed by atoms with van der Waals surface area (Å²) < 4.78 is 0. The Hall–Kier alpha value is -1.12. The molecule has 1 aliphatic carbocycles. The van der Waals surface area contributed by atoms with Gasteiger partial charge in [0, 0.05) is 11.5 Å². The summed E-state index contributed by atoms with van der Waals surface area (Å²) in [6.07, 6.45) is 2.08. The number of halogens is 2. The molecule has 0 aliphatic heterocycles. The van der Waals surface area contributed by atoms with E-state index in [0.29, 0.717) is 10.3 Å². The Kier molecular flexibility index (Phi) is 3.70. The highest BCUT2D eigenvalue weighted by Gasteiger charge is 2.27. The third-order valence-electron chi connectivity index (χ3n) is 3.89. The largest absolute Gasteiger partial charge is 0.220 e. The maximum absolute atomic E-state index is 6.30. The molecule has 3 rings (SSSR count). The Bertz CT molecular complexity index is 630. The highest BCUT2D eigenvalue weighted by atomic mass is 35.5. The molecule has 1 aromatic heterocycles. The summed E-state index contributed by atoms with van der Waals surface area (Å²) in [5.74, 6) is 1.18. The predicted molar refractivity (Wildman–Crippen MR) is 82.7 cm³/mol. The van der Waals surface area contributed by atoms with Gasteiger partial charge in [0.25, 0.3) is 0 Å². The number of nitrogens with zero attached hydrogens (tertiary/aromatic N) is 2. The minimum atomic E-state index is 0.211. The molecule has 104 valence electrons. The van der Waals surface area contributed by atoms with Crippen LogP contribution in [0.4, 0.5) is 0 Å². The van der Waals surface area contributed by atoms with Crippen molar-refractivity contribution in [3.8, 4) is 0 Å². The van der Waals surface area contributed by atoms with E-state index in [0.717, 1.165) is 24.2 Å². The van der Waals surface area contributed by atoms with Crippen LogP contribution in [0.2, 0.25) is 10.3 Å². The lowest BCUT2D eigenvalue weighted by Gasteiger charge is -2.15. The average Bonchev–Trinajstić information content (AvgIpc) is 2.81. The fourth-order valence-corrected chi connectivity index (χ4v) is 3.73. The third-order valence-corrected chi connectivity index (χ3v) is 4.47. The molecule has 0 fully saturated rings. The minimum absolute atomic E-state index is 0.211. The van der Waals surface area contributed by atoms with E-state index in [2.05, 4.69) is 34.2 Å². The van der Waals surface area contributed by atoms with Crippen molar-refractivity contribution in [2.75, 3.05) is 0 Å². The molecule has 1 atom stereocenters. The smallest absolute Gasteiger partial charge is 0.139 e. The molecular formula is C16H16Cl2N2. The minimum Gasteiger partial charge on any atom is -0.220 e. The summed E-state index contributed by atoms with van der Waals surface area (Å²) in [7, 11) is 0. The number of benzene rings is 1. The summed E-state index contributed by atoms with van der Waals surface area (Å²) in [6.45, 7) is 4.09. The van der Waals surface area contributed by atoms with Crippen LogP contribution in [0.15, 0.2) is 24.3 Å². The van der Waals surface area contributed by atoms with Crippen LogP contribution in [0.3, 0.4) is 0 Å². The van der Waals surface area contributed by atoms with Crippen molar-refractivity contribution >= 4 is 23.2 Å². The second kappa shape index (κ2) is 5.34. The first-order valence-corrected chi connectivity index (χ1v) is 7.64. The third kappa shape index (κ3) is 2.32. The molecule has 0 saturated carbocycles. The molecule has 1 aliphatic rings. The second-order valence-corrected chi connectivity index (χ2v) is 6.24. The van der Waals surface area contributed by atoms with E-state index in [-0.39, 0.29) is 11.8 Å². The Morgan fingerprint density at radius 2 is 1.75 bits per heavy atom. The molecule has 1 unspecified atom stereocenters. The van der Waals surface area contributed by atoms with Crippen LogP contribution in [0.1, 0.15) is 54.6 Å². The zero-order chi connectivity index (χ0) is 14.3. The summed E-state index contributed by atoms with van der Waals surface area (Å²) in [5.41, 5.74) is 3.52. The van der Waals surface area contributed by atoms with Crippen molar-refractivity contribution in [2.45, 2.75) is 38.5 Å². The number of aromatic nitrogens is 2. The maximum atomic E-state index is 6.30. The average molecular weight is 307 g/mol. The van der Waals surface area contributed by atoms with Crippen LogP contribution in [0.5, 0.6) is 0 Å². The van der Waals surface area contributed by atoms with Gasteiger partial charge in [0.05, 0.1) is 0 Å². The van der Waals surface area contributed by atoms with Gasteiger partial charge in [0.2, 0.25) is 0 Å². The molecular weight excluding hydrogens is 291 g/mol. The van der Waals surface area contributed by atoms with Crippen molar-refractivity contribution in [3.05, 3.63) is 57.1 Å². The molecule has 2 aromatic rings. The van der Waals surface area contributed by atoms with Crippen LogP contribution in [0.25, 0.3) is 0 Å². The Balaban J connectivity index is 2.05. The van der Waals surface area contributed by atoms with Crippen LogP contribution < -0.4 is 0 Å². The van der Waals surface area contributed by atoms with E-state index in [1.165, 1.54) is 11.1 Å². The lowest BCUT2D eigenvalue weighted by atomic mass is 10.00. The first kappa shape index (κ1) is 13.8. The van der Waals surface area contributed by atoms with Gasteiger partial charge < -0.3 is 0 Å². The van der Waals surface area contributed by atoms with E-state index < -0.39 is 0 Å². The van der Waals surface area contributed by atoms with Gasteiger partial charge in [-0.15, -0.1) is 0 Å². The van der Waals surface area contributed by atoms with Crippen LogP contribution in [0, 0.1) is 0 Å². The predicted octanol–water partition coefficient (Wildman–Crippen LogP) is 4.98. The van der Waals surface area contributed by atoms with Crippen LogP contribution in [-0.2, 0) is 6.42 Å². The maximum Gasteiger partial charge on any atom is 0.139 e. The Labute approximate surface area is 129 Å². The molecule has 2 nitrogen and oxygen atoms in total. The van der Waals surface area contributed by atoms with Gasteiger partial charge in [-0.25, -0.2) is 9.97 Å². The number of hydrogen-bond acceptors (Lipinski definition) is 2. The summed E-state index contributed by atoms with van der Waals surface area (Å²) >= 11 is 12.6. The summed E-state index contributed by atoms with van der Waals surface area (Å²) in [5, 5.41) is 0.971. The molecule has 0 saturated heterocycles. The first-order valence-electron chi connectivity index (χ1n) is 6.88. The first-order chi connectivity index (χ1) is 9.58. The lowest BCUT2D eigenvalue weighted by Crippen LogP contribution is -2.07. The second-order valence-electron chi connectivity index (χ2n) is 5.52. The van der Waals surface area contributed by atoms with E-state index in [1.54, 1.807) is 0 Å². The standard InChI is InChI=1S/C16H16Cl2N2/c1-9(2)13-14(17)19-16(20-15(13)18)12-8-7-10-5-3-4-6-11(10)12/h3-6,9,12H,7-8H2,1-2H3. The van der Waals surface area contributed by atoms with Gasteiger partial charge in [-0.2, -0.15) is 0 Å².